The van der Waals surface area contributed by atoms with Gasteiger partial charge >= 0.3 is 0 Å². The molecule has 0 saturated carbocycles. The number of aliphatic hydroxyl groups is 1. The molecule has 0 saturated heterocycles. The van der Waals surface area contributed by atoms with Crippen LogP contribution in [0.1, 0.15) is 36.0 Å². The molecule has 0 radical (unpaired) electrons. The molecule has 0 spiro atoms. The highest BCUT2D eigenvalue weighted by atomic mass is 16.5. The number of aliphatic hydroxyl groups excluding tert-OH is 1. The third-order valence-corrected chi connectivity index (χ3v) is 2.84. The van der Waals surface area contributed by atoms with Crippen molar-refractivity contribution in [3.8, 4) is 5.75 Å². The monoisotopic (exact) mass is 266 g/mol. The number of hydrogen-bond acceptors (Lipinski definition) is 4. The van der Waals surface area contributed by atoms with E-state index in [9.17, 15) is 4.79 Å². The van der Waals surface area contributed by atoms with Crippen LogP contribution in [0.25, 0.3) is 0 Å². The molecule has 0 aliphatic rings. The van der Waals surface area contributed by atoms with Gasteiger partial charge in [-0.3, -0.25) is 4.79 Å². The van der Waals surface area contributed by atoms with Gasteiger partial charge in [0.1, 0.15) is 5.75 Å². The van der Waals surface area contributed by atoms with E-state index in [4.69, 9.17) is 15.6 Å². The van der Waals surface area contributed by atoms with Crippen LogP contribution in [0.3, 0.4) is 0 Å². The minimum Gasteiger partial charge on any atom is -0.496 e. The fourth-order valence-electron chi connectivity index (χ4n) is 1.78. The first-order chi connectivity index (χ1) is 9.19. The molecule has 0 bridgehead atoms. The lowest BCUT2D eigenvalue weighted by Gasteiger charge is -2.10. The van der Waals surface area contributed by atoms with Gasteiger partial charge in [-0.05, 0) is 25.0 Å². The van der Waals surface area contributed by atoms with Crippen molar-refractivity contribution < 1.29 is 14.6 Å². The van der Waals surface area contributed by atoms with Crippen molar-refractivity contribution in [2.45, 2.75) is 25.7 Å². The number of unbranched alkanes of at least 4 members (excludes halogenated alkanes) is 3. The Kier molecular flexibility index (Phi) is 6.74. The zero-order valence-electron chi connectivity index (χ0n) is 11.3. The average Bonchev–Trinajstić information content (AvgIpc) is 2.42. The number of methoxy groups -OCH3 is 1. The summed E-state index contributed by atoms with van der Waals surface area (Å²) >= 11 is 0. The van der Waals surface area contributed by atoms with Crippen LogP contribution in [-0.4, -0.2) is 31.3 Å². The first-order valence-corrected chi connectivity index (χ1v) is 6.51. The van der Waals surface area contributed by atoms with Crippen molar-refractivity contribution in [2.75, 3.05) is 26.0 Å². The van der Waals surface area contributed by atoms with Gasteiger partial charge in [0.25, 0.3) is 5.91 Å². The topological polar surface area (TPSA) is 84.6 Å². The van der Waals surface area contributed by atoms with Crippen LogP contribution in [-0.2, 0) is 0 Å². The summed E-state index contributed by atoms with van der Waals surface area (Å²) in [6, 6.07) is 4.98. The van der Waals surface area contributed by atoms with E-state index in [1.54, 1.807) is 18.2 Å². The third-order valence-electron chi connectivity index (χ3n) is 2.84. The van der Waals surface area contributed by atoms with E-state index in [0.717, 1.165) is 25.7 Å². The van der Waals surface area contributed by atoms with Crippen LogP contribution in [0.5, 0.6) is 5.75 Å². The molecular weight excluding hydrogens is 244 g/mol. The number of benzene rings is 1. The van der Waals surface area contributed by atoms with Crippen LogP contribution >= 0.6 is 0 Å². The van der Waals surface area contributed by atoms with Gasteiger partial charge in [-0.1, -0.05) is 12.8 Å². The second kappa shape index (κ2) is 8.37. The van der Waals surface area contributed by atoms with Crippen molar-refractivity contribution in [3.63, 3.8) is 0 Å². The second-order valence-electron chi connectivity index (χ2n) is 4.35. The number of amides is 1. The molecule has 106 valence electrons. The smallest absolute Gasteiger partial charge is 0.255 e. The van der Waals surface area contributed by atoms with E-state index in [2.05, 4.69) is 5.32 Å². The van der Waals surface area contributed by atoms with Crippen molar-refractivity contribution in [2.24, 2.45) is 0 Å². The van der Waals surface area contributed by atoms with Crippen LogP contribution in [0.2, 0.25) is 0 Å². The summed E-state index contributed by atoms with van der Waals surface area (Å²) in [5.74, 6) is 0.330. The van der Waals surface area contributed by atoms with Gasteiger partial charge in [0.05, 0.1) is 12.7 Å². The lowest BCUT2D eigenvalue weighted by molar-refractivity contribution is 0.0950. The van der Waals surface area contributed by atoms with Gasteiger partial charge in [-0.2, -0.15) is 0 Å². The zero-order chi connectivity index (χ0) is 14.1. The van der Waals surface area contributed by atoms with Gasteiger partial charge in [0.15, 0.2) is 0 Å². The Morgan fingerprint density at radius 3 is 2.74 bits per heavy atom. The molecule has 1 rings (SSSR count). The maximum Gasteiger partial charge on any atom is 0.255 e. The summed E-state index contributed by atoms with van der Waals surface area (Å²) < 4.78 is 5.14. The molecule has 0 heterocycles. The normalized spacial score (nSPS) is 10.2. The van der Waals surface area contributed by atoms with Crippen LogP contribution in [0, 0.1) is 0 Å². The van der Waals surface area contributed by atoms with Gasteiger partial charge in [-0.25, -0.2) is 0 Å². The summed E-state index contributed by atoms with van der Waals surface area (Å²) in [6.45, 7) is 0.854. The van der Waals surface area contributed by atoms with E-state index >= 15 is 0 Å². The molecule has 0 aliphatic heterocycles. The number of anilines is 1. The number of ether oxygens (including phenoxy) is 1. The summed E-state index contributed by atoms with van der Waals surface area (Å²) in [5.41, 5.74) is 6.70. The molecule has 0 aliphatic carbocycles. The number of carbonyl (C=O) groups excluding carboxylic acids is 1. The number of carbonyl (C=O) groups is 1. The molecule has 5 nitrogen and oxygen atoms in total. The van der Waals surface area contributed by atoms with E-state index in [0.29, 0.717) is 23.5 Å². The maximum absolute atomic E-state index is 12.0. The number of nitrogen functional groups attached to an aromatic ring is 1. The molecule has 1 aromatic carbocycles. The van der Waals surface area contributed by atoms with Gasteiger partial charge in [0, 0.05) is 24.9 Å². The zero-order valence-corrected chi connectivity index (χ0v) is 11.3. The third kappa shape index (κ3) is 5.18. The average molecular weight is 266 g/mol. The Balaban J connectivity index is 2.41. The Hall–Kier alpha value is -1.75. The summed E-state index contributed by atoms with van der Waals surface area (Å²) in [5, 5.41) is 11.5. The number of nitrogens with two attached hydrogens (primary N) is 1. The highest BCUT2D eigenvalue weighted by molar-refractivity contribution is 5.97. The molecule has 0 atom stereocenters. The minimum atomic E-state index is -0.154. The largest absolute Gasteiger partial charge is 0.496 e. The molecule has 19 heavy (non-hydrogen) atoms. The molecule has 0 aromatic heterocycles. The molecule has 4 N–H and O–H groups in total. The fourth-order valence-corrected chi connectivity index (χ4v) is 1.78. The standard InChI is InChI=1S/C14H22N2O3/c1-19-13-10-11(15)6-7-12(13)14(18)16-8-4-2-3-5-9-17/h6-7,10,17H,2-5,8-9,15H2,1H3,(H,16,18). The highest BCUT2D eigenvalue weighted by Crippen LogP contribution is 2.21. The van der Waals surface area contributed by atoms with Gasteiger partial charge in [0.2, 0.25) is 0 Å². The van der Waals surface area contributed by atoms with Crippen LogP contribution in [0.4, 0.5) is 5.69 Å². The van der Waals surface area contributed by atoms with Crippen molar-refractivity contribution in [3.05, 3.63) is 23.8 Å². The Labute approximate surface area is 113 Å². The highest BCUT2D eigenvalue weighted by Gasteiger charge is 2.11. The quantitative estimate of drug-likeness (QED) is 0.492. The predicted molar refractivity (Wildman–Crippen MR) is 75.3 cm³/mol. The van der Waals surface area contributed by atoms with Gasteiger partial charge in [-0.15, -0.1) is 0 Å². The van der Waals surface area contributed by atoms with Crippen LogP contribution < -0.4 is 15.8 Å². The number of hydrogen-bond donors (Lipinski definition) is 3. The Bertz CT molecular complexity index is 408. The van der Waals surface area contributed by atoms with E-state index < -0.39 is 0 Å². The van der Waals surface area contributed by atoms with Crippen LogP contribution in [0.15, 0.2) is 18.2 Å². The predicted octanol–water partition coefficient (Wildman–Crippen LogP) is 1.56. The minimum absolute atomic E-state index is 0.154. The SMILES string of the molecule is COc1cc(N)ccc1C(=O)NCCCCCCO. The maximum atomic E-state index is 12.0. The molecule has 1 amide bonds. The molecule has 0 unspecified atom stereocenters. The molecule has 1 aromatic rings. The summed E-state index contributed by atoms with van der Waals surface area (Å²) in [4.78, 5) is 12.0. The lowest BCUT2D eigenvalue weighted by atomic mass is 10.1. The summed E-state index contributed by atoms with van der Waals surface area (Å²) in [6.07, 6.45) is 3.71. The Morgan fingerprint density at radius 2 is 2.05 bits per heavy atom. The van der Waals surface area contributed by atoms with E-state index in [1.165, 1.54) is 7.11 Å². The van der Waals surface area contributed by atoms with E-state index in [1.807, 2.05) is 0 Å². The molecular formula is C14H22N2O3. The van der Waals surface area contributed by atoms with Crippen molar-refractivity contribution in [1.29, 1.82) is 0 Å². The number of rotatable bonds is 8. The molecule has 0 fully saturated rings. The second-order valence-corrected chi connectivity index (χ2v) is 4.35. The lowest BCUT2D eigenvalue weighted by Crippen LogP contribution is -2.25. The van der Waals surface area contributed by atoms with Crippen molar-refractivity contribution >= 4 is 11.6 Å². The first kappa shape index (κ1) is 15.3. The molecule has 5 heteroatoms. The first-order valence-electron chi connectivity index (χ1n) is 6.51. The van der Waals surface area contributed by atoms with Gasteiger partial charge < -0.3 is 20.9 Å². The number of nitrogens with one attached hydrogen (secondary N) is 1. The fraction of sp³-hybridized carbons (Fsp3) is 0.500. The summed E-state index contributed by atoms with van der Waals surface area (Å²) in [7, 11) is 1.51. The Morgan fingerprint density at radius 1 is 1.32 bits per heavy atom. The van der Waals surface area contributed by atoms with Crippen molar-refractivity contribution in [1.82, 2.24) is 5.32 Å². The van der Waals surface area contributed by atoms with E-state index in [-0.39, 0.29) is 12.5 Å².